The lowest BCUT2D eigenvalue weighted by molar-refractivity contribution is -0.165. The van der Waals surface area contributed by atoms with Crippen molar-refractivity contribution in [1.29, 1.82) is 0 Å². The van der Waals surface area contributed by atoms with Crippen LogP contribution in [0.5, 0.6) is 17.2 Å². The number of aliphatic carboxylic acids is 2. The highest BCUT2D eigenvalue weighted by Gasteiger charge is 2.53. The van der Waals surface area contributed by atoms with E-state index in [1.807, 2.05) is 12.1 Å². The molecule has 1 heterocycles. The molecule has 1 saturated carbocycles. The van der Waals surface area contributed by atoms with E-state index in [9.17, 15) is 14.7 Å². The van der Waals surface area contributed by atoms with Crippen LogP contribution in [0.15, 0.2) is 42.5 Å². The Morgan fingerprint density at radius 1 is 1.03 bits per heavy atom. The van der Waals surface area contributed by atoms with E-state index in [1.54, 1.807) is 24.6 Å². The summed E-state index contributed by atoms with van der Waals surface area (Å²) in [5.41, 5.74) is 3.41. The molecule has 10 heteroatoms. The minimum absolute atomic E-state index is 0.240. The summed E-state index contributed by atoms with van der Waals surface area (Å²) in [4.78, 5) is 22.1. The number of carboxylic acids is 2. The van der Waals surface area contributed by atoms with Gasteiger partial charge in [-0.2, -0.15) is 0 Å². The Balaban J connectivity index is 0.000000274. The highest BCUT2D eigenvalue weighted by Crippen LogP contribution is 2.56. The summed E-state index contributed by atoms with van der Waals surface area (Å²) < 4.78 is 6.09. The fourth-order valence-corrected chi connectivity index (χ4v) is 6.19. The number of aromatic hydroxyl groups is 1. The van der Waals surface area contributed by atoms with Crippen molar-refractivity contribution in [3.63, 3.8) is 0 Å². The summed E-state index contributed by atoms with van der Waals surface area (Å²) in [7, 11) is 2.31. The number of carbonyl (C=O) groups is 2. The highest BCUT2D eigenvalue weighted by atomic mass is 16.5. The van der Waals surface area contributed by atoms with Gasteiger partial charge in [-0.15, -0.1) is 0 Å². The second-order valence-electron chi connectivity index (χ2n) is 10.3. The zero-order valence-electron chi connectivity index (χ0n) is 22.4. The Bertz CT molecular complexity index is 1120. The molecule has 1 saturated heterocycles. The number of hydrogen-bond donors (Lipinski definition) is 6. The lowest BCUT2D eigenvalue weighted by atomic mass is 9.52. The first-order valence-corrected chi connectivity index (χ1v) is 13.3. The van der Waals surface area contributed by atoms with E-state index in [1.165, 1.54) is 50.6 Å². The van der Waals surface area contributed by atoms with Gasteiger partial charge in [0.25, 0.3) is 0 Å². The molecule has 2 bridgehead atoms. The van der Waals surface area contributed by atoms with Crippen LogP contribution in [0.2, 0.25) is 0 Å². The molecule has 2 unspecified atom stereocenters. The molecular formula is C29H39NO9. The van der Waals surface area contributed by atoms with E-state index in [4.69, 9.17) is 30.3 Å². The number of nitrogens with zero attached hydrogens (tertiary/aromatic N) is 1. The normalized spacial score (nSPS) is 24.7. The van der Waals surface area contributed by atoms with Gasteiger partial charge in [0.15, 0.2) is 12.2 Å². The van der Waals surface area contributed by atoms with E-state index in [2.05, 4.69) is 30.1 Å². The maximum atomic E-state index is 9.77. The van der Waals surface area contributed by atoms with Crippen LogP contribution in [0.4, 0.5) is 0 Å². The predicted octanol–water partition coefficient (Wildman–Crippen LogP) is 2.75. The highest BCUT2D eigenvalue weighted by molar-refractivity contribution is 5.83. The zero-order chi connectivity index (χ0) is 28.7. The molecule has 5 rings (SSSR count). The van der Waals surface area contributed by atoms with Gasteiger partial charge in [0, 0.05) is 24.1 Å². The van der Waals surface area contributed by atoms with Crippen LogP contribution in [-0.2, 0) is 21.4 Å². The zero-order valence-corrected chi connectivity index (χ0v) is 22.4. The molecule has 2 aromatic carbocycles. The van der Waals surface area contributed by atoms with E-state index in [0.717, 1.165) is 11.7 Å². The number of ether oxygens (including phenoxy) is 1. The monoisotopic (exact) mass is 545 g/mol. The molecule has 5 atom stereocenters. The number of rotatable bonds is 5. The fraction of sp³-hybridized carbons (Fsp3) is 0.517. The van der Waals surface area contributed by atoms with Crippen molar-refractivity contribution in [2.45, 2.75) is 69.1 Å². The molecule has 10 nitrogen and oxygen atoms in total. The Morgan fingerprint density at radius 3 is 2.28 bits per heavy atom. The lowest BCUT2D eigenvalue weighted by Crippen LogP contribution is -2.59. The molecule has 2 aromatic rings. The third-order valence-corrected chi connectivity index (χ3v) is 7.94. The second-order valence-corrected chi connectivity index (χ2v) is 10.3. The van der Waals surface area contributed by atoms with Crippen molar-refractivity contribution in [2.75, 3.05) is 20.2 Å². The van der Waals surface area contributed by atoms with Crippen LogP contribution in [0.25, 0.3) is 0 Å². The fourth-order valence-electron chi connectivity index (χ4n) is 6.19. The van der Waals surface area contributed by atoms with Gasteiger partial charge in [-0.3, -0.25) is 0 Å². The summed E-state index contributed by atoms with van der Waals surface area (Å²) in [6.45, 7) is 3.14. The lowest BCUT2D eigenvalue weighted by Gasteiger charge is -2.58. The molecule has 0 spiro atoms. The predicted molar refractivity (Wildman–Crippen MR) is 143 cm³/mol. The average Bonchev–Trinajstić information content (AvgIpc) is 2.91. The van der Waals surface area contributed by atoms with Crippen LogP contribution in [0.1, 0.15) is 50.2 Å². The van der Waals surface area contributed by atoms with Gasteiger partial charge in [-0.25, -0.2) is 9.59 Å². The molecule has 0 amide bonds. The number of likely N-dealkylation sites (tertiary alicyclic amines) is 1. The maximum Gasteiger partial charge on any atom is 0.335 e. The summed E-state index contributed by atoms with van der Waals surface area (Å²) >= 11 is 0. The number of piperidine rings is 1. The summed E-state index contributed by atoms with van der Waals surface area (Å²) in [5, 5.41) is 49.8. The number of phenols is 1. The Labute approximate surface area is 228 Å². The quantitative estimate of drug-likeness (QED) is 0.329. The third-order valence-electron chi connectivity index (χ3n) is 7.94. The van der Waals surface area contributed by atoms with Crippen LogP contribution >= 0.6 is 0 Å². The van der Waals surface area contributed by atoms with E-state index >= 15 is 0 Å². The molecule has 2 aliphatic carbocycles. The second kappa shape index (κ2) is 13.3. The molecule has 3 aliphatic rings. The molecule has 6 N–H and O–H groups in total. The van der Waals surface area contributed by atoms with Crippen molar-refractivity contribution in [1.82, 2.24) is 4.90 Å². The average molecular weight is 546 g/mol. The number of aliphatic hydroxyl groups excluding tert-OH is 3. The molecule has 1 aliphatic heterocycles. The van der Waals surface area contributed by atoms with Crippen LogP contribution in [0, 0.1) is 5.92 Å². The van der Waals surface area contributed by atoms with Gasteiger partial charge < -0.3 is 40.3 Å². The van der Waals surface area contributed by atoms with Crippen LogP contribution < -0.4 is 4.74 Å². The number of fused-ring (bicyclic) bond motifs is 1. The Hall–Kier alpha value is -3.18. The SMILES string of the molecule is CCO.CN1CC[C@]23CCCC[C@H]2[C@H]1Cc1ccc(Oc2cccc(O)c2)cc13.O=C(O)C(O)C(O)C(=O)O. The topological polar surface area (TPSA) is 168 Å². The first kappa shape index (κ1) is 30.4. The van der Waals surface area contributed by atoms with Gasteiger partial charge in [0.2, 0.25) is 0 Å². The van der Waals surface area contributed by atoms with Gasteiger partial charge in [-0.1, -0.05) is 25.0 Å². The van der Waals surface area contributed by atoms with Crippen molar-refractivity contribution in [3.05, 3.63) is 53.6 Å². The molecule has 214 valence electrons. The molecule has 0 aromatic heterocycles. The maximum absolute atomic E-state index is 9.77. The minimum atomic E-state index is -2.27. The number of hydrogen-bond acceptors (Lipinski definition) is 8. The van der Waals surface area contributed by atoms with Crippen molar-refractivity contribution < 1.29 is 45.0 Å². The van der Waals surface area contributed by atoms with Gasteiger partial charge in [-0.05, 0) is 87.5 Å². The van der Waals surface area contributed by atoms with Gasteiger partial charge in [0.05, 0.1) is 0 Å². The van der Waals surface area contributed by atoms with E-state index < -0.39 is 24.1 Å². The first-order chi connectivity index (χ1) is 18.5. The van der Waals surface area contributed by atoms with E-state index in [0.29, 0.717) is 17.2 Å². The van der Waals surface area contributed by atoms with Gasteiger partial charge >= 0.3 is 11.9 Å². The van der Waals surface area contributed by atoms with Crippen molar-refractivity contribution in [3.8, 4) is 17.2 Å². The van der Waals surface area contributed by atoms with Crippen LogP contribution in [-0.4, -0.2) is 85.9 Å². The summed E-state index contributed by atoms with van der Waals surface area (Å²) in [5.74, 6) is -0.919. The Morgan fingerprint density at radius 2 is 1.67 bits per heavy atom. The Kier molecular flexibility index (Phi) is 10.3. The smallest absolute Gasteiger partial charge is 0.335 e. The number of phenolic OH excluding ortho intramolecular Hbond substituents is 1. The molecule has 39 heavy (non-hydrogen) atoms. The van der Waals surface area contributed by atoms with E-state index in [-0.39, 0.29) is 12.4 Å². The van der Waals surface area contributed by atoms with Crippen LogP contribution in [0.3, 0.4) is 0 Å². The number of carboxylic acid groups (broad SMARTS) is 2. The van der Waals surface area contributed by atoms with Gasteiger partial charge in [0.1, 0.15) is 17.2 Å². The van der Waals surface area contributed by atoms with Crippen molar-refractivity contribution >= 4 is 11.9 Å². The summed E-state index contributed by atoms with van der Waals surface area (Å²) in [6, 6.07) is 14.4. The molecule has 2 fully saturated rings. The number of likely N-dealkylation sites (N-methyl/N-ethyl adjacent to an activating group) is 1. The first-order valence-electron chi connectivity index (χ1n) is 13.3. The standard InChI is InChI=1S/C23H27NO2.C4H6O6.C2H6O/c1-24-12-11-23-10-3-2-7-20(23)22(24)13-16-8-9-19(15-21(16)23)26-18-6-4-5-17(25)14-18;5-1(3(7)8)2(6)4(9)10;1-2-3/h4-6,8-9,14-15,20,22,25H,2-3,7,10-13H2,1H3;1-2,5-6H,(H,7,8)(H,9,10);3H,2H2,1H3/t20-,22+,23+;;/m0../s1. The largest absolute Gasteiger partial charge is 0.508 e. The minimum Gasteiger partial charge on any atom is -0.508 e. The van der Waals surface area contributed by atoms with Crippen molar-refractivity contribution in [2.24, 2.45) is 5.92 Å². The summed E-state index contributed by atoms with van der Waals surface area (Å²) in [6.07, 6.45) is 3.33. The molecular weight excluding hydrogens is 506 g/mol. The molecule has 0 radical (unpaired) electrons. The number of benzene rings is 2. The number of aliphatic hydroxyl groups is 3. The third kappa shape index (κ3) is 6.88.